The summed E-state index contributed by atoms with van der Waals surface area (Å²) in [5.41, 5.74) is 0.683. The summed E-state index contributed by atoms with van der Waals surface area (Å²) in [7, 11) is -4.18. The molecule has 0 spiro atoms. The van der Waals surface area contributed by atoms with Gasteiger partial charge in [0.15, 0.2) is 11.5 Å². The lowest BCUT2D eigenvalue weighted by atomic mass is 10.1. The summed E-state index contributed by atoms with van der Waals surface area (Å²) in [5.74, 6) is -1.80. The van der Waals surface area contributed by atoms with Crippen LogP contribution in [0.3, 0.4) is 0 Å². The van der Waals surface area contributed by atoms with E-state index in [2.05, 4.69) is 21.2 Å². The van der Waals surface area contributed by atoms with Crippen LogP contribution in [0.2, 0.25) is 5.02 Å². The van der Waals surface area contributed by atoms with Crippen LogP contribution in [-0.2, 0) is 19.7 Å². The number of urea groups is 1. The molecule has 0 unspecified atom stereocenters. The molecule has 0 radical (unpaired) electrons. The van der Waals surface area contributed by atoms with E-state index in [0.29, 0.717) is 16.1 Å². The van der Waals surface area contributed by atoms with Gasteiger partial charge in [0.2, 0.25) is 0 Å². The zero-order chi connectivity index (χ0) is 27.6. The van der Waals surface area contributed by atoms with Crippen molar-refractivity contribution in [1.29, 1.82) is 0 Å². The van der Waals surface area contributed by atoms with Gasteiger partial charge in [0, 0.05) is 5.02 Å². The molecular weight excluding hydrogens is 600 g/mol. The molecule has 196 valence electrons. The molecule has 4 rings (SSSR count). The smallest absolute Gasteiger partial charge is 0.339 e. The number of imide groups is 2. The number of carbonyl (C=O) groups is 3. The minimum absolute atomic E-state index is 0.0499. The largest absolute Gasteiger partial charge is 0.490 e. The highest BCUT2D eigenvalue weighted by Gasteiger charge is 2.37. The number of nitrogens with one attached hydrogen (secondary N) is 1. The van der Waals surface area contributed by atoms with E-state index < -0.39 is 28.0 Å². The highest BCUT2D eigenvalue weighted by molar-refractivity contribution is 9.10. The van der Waals surface area contributed by atoms with Gasteiger partial charge in [-0.15, -0.1) is 0 Å². The molecule has 0 atom stereocenters. The van der Waals surface area contributed by atoms with E-state index in [9.17, 15) is 22.8 Å². The first-order valence-corrected chi connectivity index (χ1v) is 13.7. The number of hydrogen-bond donors (Lipinski definition) is 1. The maximum atomic E-state index is 13.3. The molecule has 1 heterocycles. The molecule has 4 amide bonds. The van der Waals surface area contributed by atoms with E-state index in [1.165, 1.54) is 36.4 Å². The fourth-order valence-corrected chi connectivity index (χ4v) is 5.44. The van der Waals surface area contributed by atoms with E-state index in [1.807, 2.05) is 0 Å². The molecule has 1 fully saturated rings. The Balaban J connectivity index is 1.75. The first kappa shape index (κ1) is 27.4. The van der Waals surface area contributed by atoms with Crippen molar-refractivity contribution in [3.05, 3.63) is 86.9 Å². The zero-order valence-electron chi connectivity index (χ0n) is 20.0. The third-order valence-electron chi connectivity index (χ3n) is 5.45. The predicted octanol–water partition coefficient (Wildman–Crippen LogP) is 5.24. The van der Waals surface area contributed by atoms with Gasteiger partial charge < -0.3 is 8.92 Å². The van der Waals surface area contributed by atoms with Crippen molar-refractivity contribution in [3.8, 4) is 11.5 Å². The first-order valence-electron chi connectivity index (χ1n) is 11.2. The highest BCUT2D eigenvalue weighted by Crippen LogP contribution is 2.39. The SMILES string of the molecule is CCOc1cc(/C=C2\C(=O)NC(=O)N(c3cccc(Cl)c3C)C2=O)cc(Br)c1OS(=O)(=O)c1ccccc1. The van der Waals surface area contributed by atoms with Crippen LogP contribution in [-0.4, -0.2) is 32.9 Å². The molecule has 0 bridgehead atoms. The van der Waals surface area contributed by atoms with E-state index in [1.54, 1.807) is 44.2 Å². The van der Waals surface area contributed by atoms with E-state index >= 15 is 0 Å². The quantitative estimate of drug-likeness (QED) is 0.218. The lowest BCUT2D eigenvalue weighted by Crippen LogP contribution is -2.54. The van der Waals surface area contributed by atoms with Crippen molar-refractivity contribution in [2.75, 3.05) is 11.5 Å². The number of carbonyl (C=O) groups excluding carboxylic acids is 3. The van der Waals surface area contributed by atoms with Gasteiger partial charge >= 0.3 is 16.1 Å². The molecule has 9 nitrogen and oxygen atoms in total. The number of amides is 4. The summed E-state index contributed by atoms with van der Waals surface area (Å²) in [6, 6.07) is 14.3. The van der Waals surface area contributed by atoms with Crippen molar-refractivity contribution in [2.24, 2.45) is 0 Å². The molecule has 1 N–H and O–H groups in total. The van der Waals surface area contributed by atoms with Crippen LogP contribution in [0.1, 0.15) is 18.1 Å². The molecule has 1 aliphatic rings. The Kier molecular flexibility index (Phi) is 7.91. The number of halogens is 2. The van der Waals surface area contributed by atoms with E-state index in [-0.39, 0.29) is 38.7 Å². The minimum Gasteiger partial charge on any atom is -0.490 e. The number of anilines is 1. The number of rotatable bonds is 7. The molecule has 3 aromatic carbocycles. The molecule has 3 aromatic rings. The Labute approximate surface area is 232 Å². The number of barbiturate groups is 1. The highest BCUT2D eigenvalue weighted by atomic mass is 79.9. The normalized spacial score (nSPS) is 15.0. The van der Waals surface area contributed by atoms with Crippen molar-refractivity contribution in [3.63, 3.8) is 0 Å². The molecule has 1 aliphatic heterocycles. The maximum absolute atomic E-state index is 13.3. The maximum Gasteiger partial charge on any atom is 0.339 e. The molecule has 38 heavy (non-hydrogen) atoms. The van der Waals surface area contributed by atoms with Crippen LogP contribution in [0.25, 0.3) is 6.08 Å². The van der Waals surface area contributed by atoms with Crippen molar-refractivity contribution < 1.29 is 31.7 Å². The first-order chi connectivity index (χ1) is 18.0. The van der Waals surface area contributed by atoms with Crippen LogP contribution < -0.4 is 19.1 Å². The molecular formula is C26H20BrClN2O7S. The van der Waals surface area contributed by atoms with Gasteiger partial charge in [-0.05, 0) is 83.4 Å². The van der Waals surface area contributed by atoms with E-state index in [0.717, 1.165) is 4.90 Å². The minimum atomic E-state index is -4.18. The lowest BCUT2D eigenvalue weighted by Gasteiger charge is -2.27. The molecule has 0 aromatic heterocycles. The molecule has 1 saturated heterocycles. The number of ether oxygens (including phenoxy) is 1. The average Bonchev–Trinajstić information content (AvgIpc) is 2.87. The molecule has 0 saturated carbocycles. The number of benzene rings is 3. The van der Waals surface area contributed by atoms with Crippen molar-refractivity contribution in [1.82, 2.24) is 5.32 Å². The van der Waals surface area contributed by atoms with Gasteiger partial charge in [0.05, 0.1) is 16.8 Å². The zero-order valence-corrected chi connectivity index (χ0v) is 23.2. The Morgan fingerprint density at radius 2 is 1.76 bits per heavy atom. The summed E-state index contributed by atoms with van der Waals surface area (Å²) in [6.45, 7) is 3.51. The summed E-state index contributed by atoms with van der Waals surface area (Å²) < 4.78 is 36.8. The second kappa shape index (κ2) is 11.0. The molecule has 12 heteroatoms. The Hall–Kier alpha value is -3.67. The summed E-state index contributed by atoms with van der Waals surface area (Å²) in [4.78, 5) is 39.3. The lowest BCUT2D eigenvalue weighted by molar-refractivity contribution is -0.122. The second-order valence-electron chi connectivity index (χ2n) is 7.96. The van der Waals surface area contributed by atoms with Gasteiger partial charge in [0.25, 0.3) is 11.8 Å². The summed E-state index contributed by atoms with van der Waals surface area (Å²) in [6.07, 6.45) is 1.26. The van der Waals surface area contributed by atoms with Gasteiger partial charge in [-0.1, -0.05) is 35.9 Å². The van der Waals surface area contributed by atoms with Gasteiger partial charge in [-0.2, -0.15) is 8.42 Å². The third-order valence-corrected chi connectivity index (χ3v) is 7.68. The fourth-order valence-electron chi connectivity index (χ4n) is 3.64. The average molecular weight is 620 g/mol. The van der Waals surface area contributed by atoms with Crippen molar-refractivity contribution >= 4 is 67.3 Å². The standard InChI is InChI=1S/C26H20BrClN2O7S/c1-3-36-22-14-16(13-19(27)23(22)37-38(34,35)17-8-5-4-6-9-17)12-18-24(31)29-26(33)30(25(18)32)21-11-7-10-20(28)15(21)2/h4-14H,3H2,1-2H3,(H,29,31,33)/b18-12+. The second-order valence-corrected chi connectivity index (χ2v) is 10.8. The van der Waals surface area contributed by atoms with Crippen LogP contribution in [0.4, 0.5) is 10.5 Å². The van der Waals surface area contributed by atoms with Gasteiger partial charge in [-0.3, -0.25) is 14.9 Å². The Bertz CT molecular complexity index is 1590. The summed E-state index contributed by atoms with van der Waals surface area (Å²) in [5, 5.41) is 2.50. The van der Waals surface area contributed by atoms with E-state index in [4.69, 9.17) is 20.5 Å². The van der Waals surface area contributed by atoms with Gasteiger partial charge in [0.1, 0.15) is 10.5 Å². The third kappa shape index (κ3) is 5.45. The monoisotopic (exact) mass is 618 g/mol. The number of nitrogens with zero attached hydrogens (tertiary/aromatic N) is 1. The fraction of sp³-hybridized carbons (Fsp3) is 0.115. The predicted molar refractivity (Wildman–Crippen MR) is 145 cm³/mol. The van der Waals surface area contributed by atoms with Crippen LogP contribution in [0.15, 0.2) is 75.6 Å². The van der Waals surface area contributed by atoms with Crippen LogP contribution in [0.5, 0.6) is 11.5 Å². The topological polar surface area (TPSA) is 119 Å². The summed E-state index contributed by atoms with van der Waals surface area (Å²) >= 11 is 9.46. The molecule has 0 aliphatic carbocycles. The van der Waals surface area contributed by atoms with Crippen LogP contribution in [0, 0.1) is 6.92 Å². The van der Waals surface area contributed by atoms with Crippen molar-refractivity contribution in [2.45, 2.75) is 18.7 Å². The Morgan fingerprint density at radius 1 is 1.05 bits per heavy atom. The van der Waals surface area contributed by atoms with Crippen LogP contribution >= 0.6 is 27.5 Å². The number of hydrogen-bond acceptors (Lipinski definition) is 7. The Morgan fingerprint density at radius 3 is 2.45 bits per heavy atom. The van der Waals surface area contributed by atoms with Gasteiger partial charge in [-0.25, -0.2) is 9.69 Å².